The highest BCUT2D eigenvalue weighted by molar-refractivity contribution is 5.99. The number of nitrogens with zero attached hydrogens (tertiary/aromatic N) is 5. The minimum atomic E-state index is -0.793. The van der Waals surface area contributed by atoms with Gasteiger partial charge in [0.15, 0.2) is 11.3 Å². The maximum atomic E-state index is 13.3. The van der Waals surface area contributed by atoms with Crippen molar-refractivity contribution in [3.63, 3.8) is 0 Å². The number of rotatable bonds is 3. The topological polar surface area (TPSA) is 91.0 Å². The lowest BCUT2D eigenvalue weighted by Gasteiger charge is -2.44. The number of amides is 2. The number of piperidine rings is 1. The minimum Gasteiger partial charge on any atom is -0.395 e. The number of likely N-dealkylation sites (tertiary alicyclic amines) is 2. The Morgan fingerprint density at radius 2 is 1.96 bits per heavy atom. The van der Waals surface area contributed by atoms with Gasteiger partial charge in [-0.1, -0.05) is 0 Å². The second-order valence-electron chi connectivity index (χ2n) is 7.55. The molecule has 2 aliphatic heterocycles. The molecule has 1 N–H and O–H groups in total. The molecular formula is C19H25N5O3. The predicted octanol–water partition coefficient (Wildman–Crippen LogP) is 0.936. The third-order valence-electron chi connectivity index (χ3n) is 5.76. The molecule has 1 spiro atoms. The smallest absolute Gasteiger partial charge is 0.275 e. The van der Waals surface area contributed by atoms with Gasteiger partial charge in [-0.25, -0.2) is 9.50 Å². The van der Waals surface area contributed by atoms with Gasteiger partial charge < -0.3 is 14.9 Å². The molecule has 2 aromatic heterocycles. The SMILES string of the molecule is Cc1cc(C)n2nc(C(=O)N3CCCC34CCCN(CCO)C4=O)cc2n1. The molecule has 1 unspecified atom stereocenters. The fraction of sp³-hybridized carbons (Fsp3) is 0.579. The number of aryl methyl sites for hydroxylation is 2. The Kier molecular flexibility index (Phi) is 4.38. The van der Waals surface area contributed by atoms with Crippen molar-refractivity contribution in [1.82, 2.24) is 24.4 Å². The third-order valence-corrected chi connectivity index (χ3v) is 5.76. The maximum Gasteiger partial charge on any atom is 0.275 e. The minimum absolute atomic E-state index is 0.0393. The van der Waals surface area contributed by atoms with Gasteiger partial charge in [-0.3, -0.25) is 9.59 Å². The van der Waals surface area contributed by atoms with Crippen LogP contribution in [0.2, 0.25) is 0 Å². The zero-order valence-electron chi connectivity index (χ0n) is 15.8. The summed E-state index contributed by atoms with van der Waals surface area (Å²) in [4.78, 5) is 34.3. The summed E-state index contributed by atoms with van der Waals surface area (Å²) in [6.45, 7) is 5.29. The van der Waals surface area contributed by atoms with Gasteiger partial charge in [0.05, 0.1) is 6.61 Å². The molecule has 8 nitrogen and oxygen atoms in total. The van der Waals surface area contributed by atoms with Gasteiger partial charge in [0.25, 0.3) is 5.91 Å². The van der Waals surface area contributed by atoms with Gasteiger partial charge in [0.2, 0.25) is 5.91 Å². The van der Waals surface area contributed by atoms with Crippen LogP contribution in [0.25, 0.3) is 5.65 Å². The second-order valence-corrected chi connectivity index (χ2v) is 7.55. The van der Waals surface area contributed by atoms with E-state index >= 15 is 0 Å². The molecule has 27 heavy (non-hydrogen) atoms. The van der Waals surface area contributed by atoms with Crippen molar-refractivity contribution < 1.29 is 14.7 Å². The van der Waals surface area contributed by atoms with Gasteiger partial charge >= 0.3 is 0 Å². The summed E-state index contributed by atoms with van der Waals surface area (Å²) in [5, 5.41) is 13.7. The average molecular weight is 371 g/mol. The number of carbonyl (C=O) groups is 2. The quantitative estimate of drug-likeness (QED) is 0.867. The first-order valence-electron chi connectivity index (χ1n) is 9.52. The van der Waals surface area contributed by atoms with Gasteiger partial charge in [-0.15, -0.1) is 0 Å². The molecule has 2 fully saturated rings. The highest BCUT2D eigenvalue weighted by Gasteiger charge is 2.53. The Bertz CT molecular complexity index is 906. The largest absolute Gasteiger partial charge is 0.395 e. The molecule has 2 aromatic rings. The molecule has 0 aliphatic carbocycles. The van der Waals surface area contributed by atoms with Gasteiger partial charge in [-0.2, -0.15) is 5.10 Å². The molecule has 4 rings (SSSR count). The van der Waals surface area contributed by atoms with Crippen LogP contribution < -0.4 is 0 Å². The first kappa shape index (κ1) is 17.9. The van der Waals surface area contributed by atoms with E-state index in [1.54, 1.807) is 20.4 Å². The molecule has 0 bridgehead atoms. The number of carbonyl (C=O) groups excluding carboxylic acids is 2. The molecule has 1 atom stereocenters. The Hall–Kier alpha value is -2.48. The number of aliphatic hydroxyl groups excluding tert-OH is 1. The highest BCUT2D eigenvalue weighted by Crippen LogP contribution is 2.39. The molecule has 2 amide bonds. The fourth-order valence-electron chi connectivity index (χ4n) is 4.59. The number of aliphatic hydroxyl groups is 1. The van der Waals surface area contributed by atoms with Gasteiger partial charge in [-0.05, 0) is 45.6 Å². The summed E-state index contributed by atoms with van der Waals surface area (Å²) in [5.41, 5.74) is 1.96. The van der Waals surface area contributed by atoms with Crippen LogP contribution in [0.15, 0.2) is 12.1 Å². The van der Waals surface area contributed by atoms with Crippen molar-refractivity contribution in [3.05, 3.63) is 29.2 Å². The lowest BCUT2D eigenvalue weighted by molar-refractivity contribution is -0.146. The first-order chi connectivity index (χ1) is 13.0. The van der Waals surface area contributed by atoms with Crippen LogP contribution in [0.3, 0.4) is 0 Å². The van der Waals surface area contributed by atoms with E-state index in [9.17, 15) is 14.7 Å². The van der Waals surface area contributed by atoms with Crippen molar-refractivity contribution in [2.75, 3.05) is 26.2 Å². The van der Waals surface area contributed by atoms with Crippen LogP contribution in [0.1, 0.15) is 47.6 Å². The predicted molar refractivity (Wildman–Crippen MR) is 98.4 cm³/mol. The monoisotopic (exact) mass is 371 g/mol. The van der Waals surface area contributed by atoms with Crippen molar-refractivity contribution in [1.29, 1.82) is 0 Å². The Labute approximate surface area is 157 Å². The Balaban J connectivity index is 1.69. The molecule has 8 heteroatoms. The van der Waals surface area contributed by atoms with E-state index in [0.717, 1.165) is 24.2 Å². The Morgan fingerprint density at radius 3 is 2.70 bits per heavy atom. The third kappa shape index (κ3) is 2.79. The van der Waals surface area contributed by atoms with Crippen LogP contribution in [-0.2, 0) is 4.79 Å². The van der Waals surface area contributed by atoms with E-state index in [2.05, 4.69) is 10.1 Å². The van der Waals surface area contributed by atoms with Gasteiger partial charge in [0.1, 0.15) is 5.54 Å². The van der Waals surface area contributed by atoms with Crippen molar-refractivity contribution in [3.8, 4) is 0 Å². The summed E-state index contributed by atoms with van der Waals surface area (Å²) in [5.74, 6) is -0.253. The normalized spacial score (nSPS) is 23.0. The van der Waals surface area contributed by atoms with Crippen molar-refractivity contribution in [2.45, 2.75) is 45.1 Å². The number of aromatic nitrogens is 3. The molecular weight excluding hydrogens is 346 g/mol. The first-order valence-corrected chi connectivity index (χ1v) is 9.52. The van der Waals surface area contributed by atoms with E-state index in [0.29, 0.717) is 43.8 Å². The zero-order valence-corrected chi connectivity index (χ0v) is 15.8. The summed E-state index contributed by atoms with van der Waals surface area (Å²) < 4.78 is 1.67. The summed E-state index contributed by atoms with van der Waals surface area (Å²) in [7, 11) is 0. The molecule has 0 saturated carbocycles. The molecule has 2 aliphatic rings. The van der Waals surface area contributed by atoms with Gasteiger partial charge in [0, 0.05) is 37.1 Å². The van der Waals surface area contributed by atoms with Crippen LogP contribution >= 0.6 is 0 Å². The van der Waals surface area contributed by atoms with E-state index in [-0.39, 0.29) is 18.4 Å². The Morgan fingerprint density at radius 1 is 1.22 bits per heavy atom. The highest BCUT2D eigenvalue weighted by atomic mass is 16.3. The van der Waals surface area contributed by atoms with E-state index in [1.807, 2.05) is 19.9 Å². The van der Waals surface area contributed by atoms with Crippen molar-refractivity contribution >= 4 is 17.5 Å². The summed E-state index contributed by atoms with van der Waals surface area (Å²) >= 11 is 0. The number of hydrogen-bond donors (Lipinski definition) is 1. The van der Waals surface area contributed by atoms with Crippen LogP contribution in [-0.4, -0.2) is 73.1 Å². The molecule has 0 aromatic carbocycles. The molecule has 144 valence electrons. The standard InChI is InChI=1S/C19H25N5O3/c1-13-11-14(2)24-16(20-13)12-15(21-24)17(26)23-8-4-6-19(23)5-3-7-22(9-10-25)18(19)27/h11-12,25H,3-10H2,1-2H3. The molecule has 4 heterocycles. The molecule has 0 radical (unpaired) electrons. The van der Waals surface area contributed by atoms with Crippen LogP contribution in [0.4, 0.5) is 0 Å². The molecule has 2 saturated heterocycles. The second kappa shape index (κ2) is 6.60. The zero-order chi connectivity index (χ0) is 19.2. The van der Waals surface area contributed by atoms with E-state index < -0.39 is 5.54 Å². The van der Waals surface area contributed by atoms with E-state index in [1.165, 1.54) is 0 Å². The fourth-order valence-corrected chi connectivity index (χ4v) is 4.59. The summed E-state index contributed by atoms with van der Waals surface area (Å²) in [6.07, 6.45) is 2.97. The van der Waals surface area contributed by atoms with Crippen molar-refractivity contribution in [2.24, 2.45) is 0 Å². The number of β-amino-alcohol motifs (C(OH)–C–C–N with tert-alkyl or cyclic N) is 1. The van der Waals surface area contributed by atoms with E-state index in [4.69, 9.17) is 0 Å². The lowest BCUT2D eigenvalue weighted by Crippen LogP contribution is -2.61. The number of hydrogen-bond acceptors (Lipinski definition) is 5. The maximum absolute atomic E-state index is 13.3. The number of fused-ring (bicyclic) bond motifs is 1. The average Bonchev–Trinajstić information content (AvgIpc) is 3.24. The lowest BCUT2D eigenvalue weighted by atomic mass is 9.85. The van der Waals surface area contributed by atoms with Crippen LogP contribution in [0.5, 0.6) is 0 Å². The summed E-state index contributed by atoms with van der Waals surface area (Å²) in [6, 6.07) is 3.62. The van der Waals surface area contributed by atoms with Crippen LogP contribution in [0, 0.1) is 13.8 Å².